The van der Waals surface area contributed by atoms with Crippen LogP contribution in [0, 0.1) is 0 Å². The number of carbonyl (C=O) groups excluding carboxylic acids is 2. The van der Waals surface area contributed by atoms with Gasteiger partial charge in [0, 0.05) is 5.02 Å². The van der Waals surface area contributed by atoms with E-state index in [1.807, 2.05) is 31.2 Å². The summed E-state index contributed by atoms with van der Waals surface area (Å²) < 4.78 is 10.3. The molecule has 0 heterocycles. The van der Waals surface area contributed by atoms with Crippen molar-refractivity contribution in [3.05, 3.63) is 64.7 Å². The van der Waals surface area contributed by atoms with Gasteiger partial charge >= 0.3 is 5.97 Å². The van der Waals surface area contributed by atoms with Gasteiger partial charge in [0.15, 0.2) is 13.2 Å². The average molecular weight is 376 g/mol. The van der Waals surface area contributed by atoms with E-state index in [1.54, 1.807) is 24.3 Å². The maximum atomic E-state index is 11.9. The summed E-state index contributed by atoms with van der Waals surface area (Å²) >= 11 is 5.93. The minimum Gasteiger partial charge on any atom is -0.482 e. The summed E-state index contributed by atoms with van der Waals surface area (Å²) in [5.74, 6) is -0.411. The third-order valence-electron chi connectivity index (χ3n) is 3.78. The van der Waals surface area contributed by atoms with Gasteiger partial charge in [0.1, 0.15) is 5.75 Å². The Morgan fingerprint density at radius 2 is 1.85 bits per heavy atom. The highest BCUT2D eigenvalue weighted by Crippen LogP contribution is 2.17. The summed E-state index contributed by atoms with van der Waals surface area (Å²) in [6.45, 7) is 3.28. The summed E-state index contributed by atoms with van der Waals surface area (Å²) in [7, 11) is 0. The summed E-state index contributed by atoms with van der Waals surface area (Å²) in [5.41, 5.74) is 2.06. The Labute approximate surface area is 158 Å². The summed E-state index contributed by atoms with van der Waals surface area (Å²) in [5, 5.41) is 3.35. The van der Waals surface area contributed by atoms with E-state index in [2.05, 4.69) is 12.2 Å². The van der Waals surface area contributed by atoms with Gasteiger partial charge in [-0.15, -0.1) is 0 Å². The number of ether oxygens (including phenoxy) is 2. The van der Waals surface area contributed by atoms with E-state index in [0.717, 1.165) is 12.0 Å². The molecule has 0 radical (unpaired) electrons. The highest BCUT2D eigenvalue weighted by atomic mass is 35.5. The van der Waals surface area contributed by atoms with E-state index in [-0.39, 0.29) is 19.3 Å². The quantitative estimate of drug-likeness (QED) is 0.714. The van der Waals surface area contributed by atoms with Gasteiger partial charge in [-0.2, -0.15) is 0 Å². The van der Waals surface area contributed by atoms with Crippen molar-refractivity contribution in [3.8, 4) is 5.75 Å². The Balaban J connectivity index is 1.71. The van der Waals surface area contributed by atoms with Gasteiger partial charge in [0.05, 0.1) is 6.04 Å². The Morgan fingerprint density at radius 1 is 1.12 bits per heavy atom. The van der Waals surface area contributed by atoms with E-state index in [0.29, 0.717) is 10.8 Å². The van der Waals surface area contributed by atoms with Crippen LogP contribution in [0.25, 0.3) is 0 Å². The third-order valence-corrected chi connectivity index (χ3v) is 4.01. The number of carbonyl (C=O) groups is 2. The summed E-state index contributed by atoms with van der Waals surface area (Å²) in [6.07, 6.45) is 0.936. The fourth-order valence-electron chi connectivity index (χ4n) is 2.29. The molecule has 0 fully saturated rings. The summed E-state index contributed by atoms with van der Waals surface area (Å²) in [6, 6.07) is 14.4. The van der Waals surface area contributed by atoms with Crippen LogP contribution in [0.1, 0.15) is 31.0 Å². The zero-order valence-corrected chi connectivity index (χ0v) is 15.6. The number of hydrogen-bond acceptors (Lipinski definition) is 4. The van der Waals surface area contributed by atoms with Crippen molar-refractivity contribution in [2.75, 3.05) is 13.2 Å². The predicted octanol–water partition coefficient (Wildman–Crippen LogP) is 3.70. The van der Waals surface area contributed by atoms with Crippen molar-refractivity contribution in [1.82, 2.24) is 5.32 Å². The van der Waals surface area contributed by atoms with Crippen molar-refractivity contribution in [1.29, 1.82) is 0 Å². The molecule has 1 amide bonds. The van der Waals surface area contributed by atoms with Gasteiger partial charge in [-0.25, -0.2) is 4.79 Å². The molecule has 0 saturated heterocycles. The van der Waals surface area contributed by atoms with Crippen LogP contribution in [0.5, 0.6) is 5.75 Å². The molecule has 0 bridgehead atoms. The fraction of sp³-hybridized carbons (Fsp3) is 0.300. The molecule has 0 aromatic heterocycles. The Morgan fingerprint density at radius 3 is 2.50 bits per heavy atom. The second-order valence-corrected chi connectivity index (χ2v) is 6.23. The van der Waals surface area contributed by atoms with Crippen molar-refractivity contribution in [3.63, 3.8) is 0 Å². The van der Waals surface area contributed by atoms with Crippen LogP contribution in [0.15, 0.2) is 48.5 Å². The van der Waals surface area contributed by atoms with Crippen molar-refractivity contribution in [2.24, 2.45) is 0 Å². The first kappa shape index (κ1) is 19.8. The standard InChI is InChI=1S/C20H22ClNO4/c1-3-15-7-9-18(10-8-15)25-13-20(24)26-12-19(23)22-14(2)16-5-4-6-17(21)11-16/h4-11,14H,3,12-13H2,1-2H3,(H,22,23)/t14-/m0/s1. The number of rotatable bonds is 8. The zero-order chi connectivity index (χ0) is 18.9. The number of benzene rings is 2. The number of hydrogen-bond donors (Lipinski definition) is 1. The molecule has 5 nitrogen and oxygen atoms in total. The molecule has 6 heteroatoms. The predicted molar refractivity (Wildman–Crippen MR) is 100 cm³/mol. The highest BCUT2D eigenvalue weighted by Gasteiger charge is 2.12. The van der Waals surface area contributed by atoms with Crippen LogP contribution in [0.2, 0.25) is 5.02 Å². The lowest BCUT2D eigenvalue weighted by molar-refractivity contribution is -0.150. The summed E-state index contributed by atoms with van der Waals surface area (Å²) in [4.78, 5) is 23.6. The highest BCUT2D eigenvalue weighted by molar-refractivity contribution is 6.30. The lowest BCUT2D eigenvalue weighted by Crippen LogP contribution is -2.31. The first-order chi connectivity index (χ1) is 12.5. The topological polar surface area (TPSA) is 64.6 Å². The number of amides is 1. The molecular formula is C20H22ClNO4. The Hall–Kier alpha value is -2.53. The lowest BCUT2D eigenvalue weighted by atomic mass is 10.1. The number of esters is 1. The smallest absolute Gasteiger partial charge is 0.344 e. The molecule has 26 heavy (non-hydrogen) atoms. The second kappa shape index (κ2) is 9.82. The maximum absolute atomic E-state index is 11.9. The van der Waals surface area contributed by atoms with Crippen LogP contribution in [0.4, 0.5) is 0 Å². The van der Waals surface area contributed by atoms with E-state index in [1.165, 1.54) is 5.56 Å². The molecule has 0 spiro atoms. The minimum atomic E-state index is -0.602. The molecule has 2 aromatic carbocycles. The van der Waals surface area contributed by atoms with Crippen molar-refractivity contribution >= 4 is 23.5 Å². The molecule has 0 aliphatic carbocycles. The van der Waals surface area contributed by atoms with E-state index < -0.39 is 11.9 Å². The monoisotopic (exact) mass is 375 g/mol. The number of halogens is 1. The number of aryl methyl sites for hydroxylation is 1. The first-order valence-corrected chi connectivity index (χ1v) is 8.78. The molecule has 1 N–H and O–H groups in total. The van der Waals surface area contributed by atoms with Crippen LogP contribution >= 0.6 is 11.6 Å². The maximum Gasteiger partial charge on any atom is 0.344 e. The fourth-order valence-corrected chi connectivity index (χ4v) is 2.49. The van der Waals surface area contributed by atoms with Gasteiger partial charge in [-0.05, 0) is 48.7 Å². The Bertz CT molecular complexity index is 746. The molecule has 0 aliphatic rings. The molecule has 138 valence electrons. The molecule has 0 unspecified atom stereocenters. The third kappa shape index (κ3) is 6.41. The molecule has 0 saturated carbocycles. The lowest BCUT2D eigenvalue weighted by Gasteiger charge is -2.14. The molecule has 0 aliphatic heterocycles. The van der Waals surface area contributed by atoms with E-state index >= 15 is 0 Å². The number of nitrogens with one attached hydrogen (secondary N) is 1. The van der Waals surface area contributed by atoms with Gasteiger partial charge < -0.3 is 14.8 Å². The first-order valence-electron chi connectivity index (χ1n) is 8.40. The molecule has 1 atom stereocenters. The largest absolute Gasteiger partial charge is 0.482 e. The van der Waals surface area contributed by atoms with Crippen LogP contribution in [0.3, 0.4) is 0 Å². The Kier molecular flexibility index (Phi) is 7.48. The van der Waals surface area contributed by atoms with Crippen molar-refractivity contribution < 1.29 is 19.1 Å². The van der Waals surface area contributed by atoms with E-state index in [9.17, 15) is 9.59 Å². The van der Waals surface area contributed by atoms with Gasteiger partial charge in [0.25, 0.3) is 5.91 Å². The SMILES string of the molecule is CCc1ccc(OCC(=O)OCC(=O)N[C@@H](C)c2cccc(Cl)c2)cc1. The molecule has 2 rings (SSSR count). The second-order valence-electron chi connectivity index (χ2n) is 5.79. The zero-order valence-electron chi connectivity index (χ0n) is 14.8. The van der Waals surface area contributed by atoms with Gasteiger partial charge in [-0.3, -0.25) is 4.79 Å². The normalized spacial score (nSPS) is 11.5. The van der Waals surface area contributed by atoms with E-state index in [4.69, 9.17) is 21.1 Å². The average Bonchev–Trinajstić information content (AvgIpc) is 2.65. The minimum absolute atomic E-state index is 0.242. The molecule has 2 aromatic rings. The van der Waals surface area contributed by atoms with Gasteiger partial charge in [-0.1, -0.05) is 42.8 Å². The molecular weight excluding hydrogens is 354 g/mol. The van der Waals surface area contributed by atoms with Crippen LogP contribution < -0.4 is 10.1 Å². The van der Waals surface area contributed by atoms with Crippen molar-refractivity contribution in [2.45, 2.75) is 26.3 Å². The van der Waals surface area contributed by atoms with Crippen LogP contribution in [-0.4, -0.2) is 25.1 Å². The van der Waals surface area contributed by atoms with Crippen LogP contribution in [-0.2, 0) is 20.7 Å². The van der Waals surface area contributed by atoms with Gasteiger partial charge in [0.2, 0.25) is 0 Å².